The third-order valence-corrected chi connectivity index (χ3v) is 4.20. The van der Waals surface area contributed by atoms with Crippen LogP contribution in [0.1, 0.15) is 10.4 Å². The summed E-state index contributed by atoms with van der Waals surface area (Å²) >= 11 is 0. The average molecular weight is 269 g/mol. The molecule has 4 N–H and O–H groups in total. The summed E-state index contributed by atoms with van der Waals surface area (Å²) in [6, 6.07) is 3.40. The van der Waals surface area contributed by atoms with E-state index in [-0.39, 0.29) is 17.0 Å². The minimum absolute atomic E-state index is 0.0270. The first-order valence-electron chi connectivity index (χ1n) is 5.70. The molecule has 1 aromatic carbocycles. The van der Waals surface area contributed by atoms with Gasteiger partial charge in [0.2, 0.25) is 0 Å². The van der Waals surface area contributed by atoms with E-state index >= 15 is 0 Å². The number of anilines is 1. The van der Waals surface area contributed by atoms with Crippen molar-refractivity contribution < 1.29 is 19.7 Å². The molecule has 0 aliphatic rings. The summed E-state index contributed by atoms with van der Waals surface area (Å²) in [6.45, 7) is 6.86. The molecule has 18 heavy (non-hydrogen) atoms. The van der Waals surface area contributed by atoms with Gasteiger partial charge in [0.1, 0.15) is 17.0 Å². The van der Waals surface area contributed by atoms with Gasteiger partial charge in [-0.1, -0.05) is 19.6 Å². The van der Waals surface area contributed by atoms with Crippen molar-refractivity contribution in [2.75, 3.05) is 12.3 Å². The molecule has 0 spiro atoms. The Kier molecular flexibility index (Phi) is 4.23. The van der Waals surface area contributed by atoms with Gasteiger partial charge in [-0.15, -0.1) is 0 Å². The Morgan fingerprint density at radius 2 is 1.94 bits per heavy atom. The number of phenolic OH excluding ortho intramolecular Hbond substituents is 2. The molecule has 0 atom stereocenters. The van der Waals surface area contributed by atoms with Crippen LogP contribution in [0, 0.1) is 0 Å². The summed E-state index contributed by atoms with van der Waals surface area (Å²) in [5.74, 6) is -1.32. The van der Waals surface area contributed by atoms with E-state index in [9.17, 15) is 15.0 Å². The predicted octanol–water partition coefficient (Wildman–Crippen LogP) is 2.17. The van der Waals surface area contributed by atoms with Gasteiger partial charge in [0.25, 0.3) is 0 Å². The summed E-state index contributed by atoms with van der Waals surface area (Å²) in [6.07, 6.45) is 0. The van der Waals surface area contributed by atoms with Crippen molar-refractivity contribution in [1.29, 1.82) is 0 Å². The molecule has 0 unspecified atom stereocenters. The van der Waals surface area contributed by atoms with Crippen LogP contribution in [-0.2, 0) is 4.74 Å². The zero-order valence-electron chi connectivity index (χ0n) is 10.9. The second-order valence-corrected chi connectivity index (χ2v) is 11.0. The molecule has 100 valence electrons. The standard InChI is InChI=1S/C12H19NO4Si/c1-18(2,3)7-6-17-12(16)8-4-5-9(14)10(13)11(8)15/h4-5,14-15H,6-7,13H2,1-3H3. The Morgan fingerprint density at radius 1 is 1.33 bits per heavy atom. The van der Waals surface area contributed by atoms with Crippen molar-refractivity contribution >= 4 is 19.7 Å². The summed E-state index contributed by atoms with van der Waals surface area (Å²) in [5.41, 5.74) is 5.18. The molecule has 6 heteroatoms. The fraction of sp³-hybridized carbons (Fsp3) is 0.417. The monoisotopic (exact) mass is 269 g/mol. The number of carbonyl (C=O) groups is 1. The van der Waals surface area contributed by atoms with Gasteiger partial charge in [-0.05, 0) is 18.2 Å². The van der Waals surface area contributed by atoms with E-state index in [1.54, 1.807) is 0 Å². The summed E-state index contributed by atoms with van der Waals surface area (Å²) in [4.78, 5) is 11.7. The van der Waals surface area contributed by atoms with Crippen LogP contribution in [0.2, 0.25) is 25.7 Å². The Labute approximate surface area is 107 Å². The van der Waals surface area contributed by atoms with Gasteiger partial charge in [0.05, 0.1) is 6.61 Å². The Hall–Kier alpha value is -1.69. The van der Waals surface area contributed by atoms with Crippen LogP contribution in [0.4, 0.5) is 5.69 Å². The van der Waals surface area contributed by atoms with Crippen molar-refractivity contribution in [2.24, 2.45) is 0 Å². The van der Waals surface area contributed by atoms with E-state index in [1.807, 2.05) is 0 Å². The summed E-state index contributed by atoms with van der Waals surface area (Å²) in [5, 5.41) is 18.9. The average Bonchev–Trinajstić information content (AvgIpc) is 2.24. The molecule has 0 aliphatic heterocycles. The second kappa shape index (κ2) is 5.30. The molecule has 1 aromatic rings. The molecule has 0 saturated carbocycles. The summed E-state index contributed by atoms with van der Waals surface area (Å²) < 4.78 is 5.08. The topological polar surface area (TPSA) is 92.8 Å². The van der Waals surface area contributed by atoms with Crippen molar-refractivity contribution in [2.45, 2.75) is 25.7 Å². The molecule has 0 bridgehead atoms. The van der Waals surface area contributed by atoms with Gasteiger partial charge < -0.3 is 20.7 Å². The van der Waals surface area contributed by atoms with Gasteiger partial charge in [0, 0.05) is 8.07 Å². The van der Waals surface area contributed by atoms with E-state index < -0.39 is 19.8 Å². The Balaban J connectivity index is 2.71. The van der Waals surface area contributed by atoms with E-state index in [4.69, 9.17) is 10.5 Å². The minimum Gasteiger partial charge on any atom is -0.506 e. The van der Waals surface area contributed by atoms with Gasteiger partial charge in [0.15, 0.2) is 5.75 Å². The van der Waals surface area contributed by atoms with Crippen LogP contribution in [0.25, 0.3) is 0 Å². The van der Waals surface area contributed by atoms with Crippen molar-refractivity contribution in [3.05, 3.63) is 17.7 Å². The number of benzene rings is 1. The van der Waals surface area contributed by atoms with Crippen molar-refractivity contribution in [3.8, 4) is 11.5 Å². The van der Waals surface area contributed by atoms with Gasteiger partial charge in [-0.25, -0.2) is 4.79 Å². The first kappa shape index (κ1) is 14.4. The number of esters is 1. The van der Waals surface area contributed by atoms with E-state index in [0.29, 0.717) is 6.61 Å². The molecule has 5 nitrogen and oxygen atoms in total. The zero-order chi connectivity index (χ0) is 13.9. The van der Waals surface area contributed by atoms with Crippen LogP contribution < -0.4 is 5.73 Å². The predicted molar refractivity (Wildman–Crippen MR) is 72.6 cm³/mol. The second-order valence-electron chi connectivity index (χ2n) is 5.34. The molecule has 0 heterocycles. The highest BCUT2D eigenvalue weighted by Gasteiger charge is 2.18. The lowest BCUT2D eigenvalue weighted by atomic mass is 10.1. The Bertz CT molecular complexity index is 454. The van der Waals surface area contributed by atoms with E-state index in [0.717, 1.165) is 6.04 Å². The lowest BCUT2D eigenvalue weighted by Gasteiger charge is -2.15. The largest absolute Gasteiger partial charge is 0.506 e. The molecular weight excluding hydrogens is 250 g/mol. The lowest BCUT2D eigenvalue weighted by molar-refractivity contribution is 0.0522. The van der Waals surface area contributed by atoms with Crippen molar-refractivity contribution in [3.63, 3.8) is 0 Å². The van der Waals surface area contributed by atoms with Crippen LogP contribution in [-0.4, -0.2) is 30.9 Å². The van der Waals surface area contributed by atoms with Crippen LogP contribution >= 0.6 is 0 Å². The molecule has 0 amide bonds. The smallest absolute Gasteiger partial charge is 0.341 e. The lowest BCUT2D eigenvalue weighted by Crippen LogP contribution is -2.22. The highest BCUT2D eigenvalue weighted by Crippen LogP contribution is 2.33. The van der Waals surface area contributed by atoms with Crippen molar-refractivity contribution in [1.82, 2.24) is 0 Å². The highest BCUT2D eigenvalue weighted by atomic mass is 28.3. The minimum atomic E-state index is -1.26. The number of phenols is 2. The number of rotatable bonds is 4. The van der Waals surface area contributed by atoms with Gasteiger partial charge >= 0.3 is 5.97 Å². The van der Waals surface area contributed by atoms with Gasteiger partial charge in [-0.3, -0.25) is 0 Å². The fourth-order valence-corrected chi connectivity index (χ4v) is 2.00. The van der Waals surface area contributed by atoms with E-state index in [1.165, 1.54) is 12.1 Å². The normalized spacial score (nSPS) is 11.3. The van der Waals surface area contributed by atoms with E-state index in [2.05, 4.69) is 19.6 Å². The maximum atomic E-state index is 11.7. The van der Waals surface area contributed by atoms with Crippen LogP contribution in [0.15, 0.2) is 12.1 Å². The number of hydrogen-bond acceptors (Lipinski definition) is 5. The summed E-state index contributed by atoms with van der Waals surface area (Å²) in [7, 11) is -1.26. The SMILES string of the molecule is C[Si](C)(C)CCOC(=O)c1ccc(O)c(N)c1O. The maximum absolute atomic E-state index is 11.7. The molecular formula is C12H19NO4Si. The molecule has 0 saturated heterocycles. The van der Waals surface area contributed by atoms with Gasteiger partial charge in [-0.2, -0.15) is 0 Å². The highest BCUT2D eigenvalue weighted by molar-refractivity contribution is 6.76. The molecule has 1 rings (SSSR count). The maximum Gasteiger partial charge on any atom is 0.341 e. The fourth-order valence-electron chi connectivity index (χ4n) is 1.29. The first-order chi connectivity index (χ1) is 8.22. The third kappa shape index (κ3) is 3.66. The molecule has 0 fully saturated rings. The van der Waals surface area contributed by atoms with Crippen LogP contribution in [0.3, 0.4) is 0 Å². The molecule has 0 radical (unpaired) electrons. The first-order valence-corrected chi connectivity index (χ1v) is 9.40. The van der Waals surface area contributed by atoms with Crippen LogP contribution in [0.5, 0.6) is 11.5 Å². The number of aromatic hydroxyl groups is 2. The third-order valence-electron chi connectivity index (χ3n) is 2.50. The quantitative estimate of drug-likeness (QED) is 0.337. The molecule has 0 aliphatic carbocycles. The zero-order valence-corrected chi connectivity index (χ0v) is 11.9. The molecule has 0 aromatic heterocycles. The number of nitrogen functional groups attached to an aromatic ring is 1. The number of ether oxygens (including phenoxy) is 1. The Morgan fingerprint density at radius 3 is 2.50 bits per heavy atom. The number of nitrogens with two attached hydrogens (primary N) is 1. The number of hydrogen-bond donors (Lipinski definition) is 3. The number of carbonyl (C=O) groups excluding carboxylic acids is 1.